The van der Waals surface area contributed by atoms with E-state index in [0.29, 0.717) is 36.8 Å². The summed E-state index contributed by atoms with van der Waals surface area (Å²) in [6.45, 7) is 2.70. The van der Waals surface area contributed by atoms with E-state index in [-0.39, 0.29) is 11.6 Å². The van der Waals surface area contributed by atoms with Crippen LogP contribution in [0.4, 0.5) is 22.2 Å². The summed E-state index contributed by atoms with van der Waals surface area (Å²) in [4.78, 5) is 39.6. The molecule has 4 heterocycles. The largest absolute Gasteiger partial charge is 0.507 e. The van der Waals surface area contributed by atoms with Gasteiger partial charge in [-0.25, -0.2) is 14.8 Å². The van der Waals surface area contributed by atoms with Crippen molar-refractivity contribution in [1.82, 2.24) is 19.5 Å². The van der Waals surface area contributed by atoms with Gasteiger partial charge in [-0.05, 0) is 43.9 Å². The number of aryl methyl sites for hydroxylation is 1. The first-order valence-electron chi connectivity index (χ1n) is 11.8. The van der Waals surface area contributed by atoms with Crippen LogP contribution in [0.15, 0.2) is 35.4 Å². The Labute approximate surface area is 196 Å². The number of anilines is 3. The van der Waals surface area contributed by atoms with Gasteiger partial charge in [0.15, 0.2) is 6.23 Å². The lowest BCUT2D eigenvalue weighted by Gasteiger charge is -2.25. The van der Waals surface area contributed by atoms with Crippen molar-refractivity contribution in [3.8, 4) is 0 Å². The number of fused-ring (bicyclic) bond motifs is 1. The van der Waals surface area contributed by atoms with Gasteiger partial charge < -0.3 is 20.1 Å². The van der Waals surface area contributed by atoms with Gasteiger partial charge in [0, 0.05) is 36.2 Å². The molecule has 3 aromatic heterocycles. The number of rotatable bonds is 6. The third-order valence-electron chi connectivity index (χ3n) is 6.67. The molecule has 1 saturated heterocycles. The van der Waals surface area contributed by atoms with Crippen LogP contribution in [0.1, 0.15) is 57.1 Å². The highest BCUT2D eigenvalue weighted by Crippen LogP contribution is 2.31. The lowest BCUT2D eigenvalue weighted by atomic mass is 10.1. The number of aromatic nitrogens is 4. The van der Waals surface area contributed by atoms with Crippen molar-refractivity contribution in [1.29, 1.82) is 0 Å². The first-order chi connectivity index (χ1) is 16.5. The summed E-state index contributed by atoms with van der Waals surface area (Å²) in [5, 5.41) is 12.9. The van der Waals surface area contributed by atoms with Crippen molar-refractivity contribution < 1.29 is 14.6 Å². The topological polar surface area (TPSA) is 122 Å². The maximum Gasteiger partial charge on any atom is 0.507 e. The summed E-state index contributed by atoms with van der Waals surface area (Å²) in [6.07, 6.45) is 8.05. The standard InChI is InChI=1S/C24H28N6O4/c1-2-15-12-16-13-26-23(28-21(16)30(22(15)31)17-6-3-4-7-17)27-19-10-9-18(14-25-19)29-11-5-8-20(29)34-24(32)33/h9-10,12-14,17,20H,2-8,11H2,1H3,(H,32,33)(H,25,26,27,28). The highest BCUT2D eigenvalue weighted by molar-refractivity contribution is 5.76. The Balaban J connectivity index is 1.41. The molecule has 5 rings (SSSR count). The molecule has 10 nitrogen and oxygen atoms in total. The lowest BCUT2D eigenvalue weighted by Crippen LogP contribution is -2.33. The van der Waals surface area contributed by atoms with Gasteiger partial charge in [0.2, 0.25) is 5.95 Å². The average Bonchev–Trinajstić information content (AvgIpc) is 3.51. The number of pyridine rings is 2. The highest BCUT2D eigenvalue weighted by atomic mass is 16.7. The van der Waals surface area contributed by atoms with E-state index in [9.17, 15) is 9.59 Å². The third kappa shape index (κ3) is 4.27. The quantitative estimate of drug-likeness (QED) is 0.516. The molecule has 1 atom stereocenters. The average molecular weight is 465 g/mol. The van der Waals surface area contributed by atoms with Crippen LogP contribution in [-0.4, -0.2) is 43.6 Å². The van der Waals surface area contributed by atoms with E-state index >= 15 is 0 Å². The molecule has 2 N–H and O–H groups in total. The first-order valence-corrected chi connectivity index (χ1v) is 11.8. The summed E-state index contributed by atoms with van der Waals surface area (Å²) in [7, 11) is 0. The van der Waals surface area contributed by atoms with Crippen LogP contribution in [0.2, 0.25) is 0 Å². The number of hydrogen-bond acceptors (Lipinski definition) is 8. The number of hydrogen-bond donors (Lipinski definition) is 2. The Kier molecular flexibility index (Phi) is 6.04. The van der Waals surface area contributed by atoms with Gasteiger partial charge in [0.25, 0.3) is 5.56 Å². The first kappa shape index (κ1) is 22.1. The van der Waals surface area contributed by atoms with Gasteiger partial charge in [-0.15, -0.1) is 0 Å². The summed E-state index contributed by atoms with van der Waals surface area (Å²) >= 11 is 0. The second-order valence-corrected chi connectivity index (χ2v) is 8.81. The fourth-order valence-corrected chi connectivity index (χ4v) is 5.01. The zero-order valence-electron chi connectivity index (χ0n) is 19.1. The van der Waals surface area contributed by atoms with Crippen LogP contribution < -0.4 is 15.8 Å². The summed E-state index contributed by atoms with van der Waals surface area (Å²) in [5.74, 6) is 0.925. The van der Waals surface area contributed by atoms with Crippen molar-refractivity contribution in [2.75, 3.05) is 16.8 Å². The molecule has 0 aromatic carbocycles. The van der Waals surface area contributed by atoms with Gasteiger partial charge in [-0.1, -0.05) is 19.8 Å². The minimum atomic E-state index is -1.28. The fraction of sp³-hybridized carbons (Fsp3) is 0.458. The number of nitrogens with one attached hydrogen (secondary N) is 1. The molecule has 1 aliphatic carbocycles. The van der Waals surface area contributed by atoms with E-state index in [2.05, 4.69) is 15.3 Å². The SMILES string of the molecule is CCc1cc2cnc(Nc3ccc(N4CCCC4OC(=O)O)cn3)nc2n(C2CCCC2)c1=O. The van der Waals surface area contributed by atoms with Crippen LogP contribution in [0.3, 0.4) is 0 Å². The minimum Gasteiger partial charge on any atom is -0.450 e. The van der Waals surface area contributed by atoms with Gasteiger partial charge in [-0.3, -0.25) is 9.36 Å². The molecule has 1 unspecified atom stereocenters. The molecule has 10 heteroatoms. The van der Waals surface area contributed by atoms with Crippen molar-refractivity contribution in [2.24, 2.45) is 0 Å². The van der Waals surface area contributed by atoms with E-state index in [1.54, 1.807) is 18.5 Å². The molecule has 1 aliphatic heterocycles. The van der Waals surface area contributed by atoms with E-state index in [4.69, 9.17) is 14.8 Å². The van der Waals surface area contributed by atoms with Crippen LogP contribution in [0, 0.1) is 0 Å². The molecule has 178 valence electrons. The zero-order chi connectivity index (χ0) is 23.7. The molecule has 0 radical (unpaired) electrons. The van der Waals surface area contributed by atoms with Crippen molar-refractivity contribution in [3.63, 3.8) is 0 Å². The molecular formula is C24H28N6O4. The second-order valence-electron chi connectivity index (χ2n) is 8.81. The van der Waals surface area contributed by atoms with E-state index in [1.807, 2.05) is 28.5 Å². The Morgan fingerprint density at radius 2 is 2.00 bits per heavy atom. The molecule has 1 saturated carbocycles. The van der Waals surface area contributed by atoms with Crippen LogP contribution in [0.5, 0.6) is 0 Å². The molecular weight excluding hydrogens is 436 g/mol. The minimum absolute atomic E-state index is 0.0396. The van der Waals surface area contributed by atoms with Gasteiger partial charge >= 0.3 is 6.16 Å². The Bertz CT molecular complexity index is 1250. The van der Waals surface area contributed by atoms with Gasteiger partial charge in [-0.2, -0.15) is 4.98 Å². The molecule has 0 bridgehead atoms. The maximum atomic E-state index is 13.1. The molecule has 2 fully saturated rings. The number of ether oxygens (including phenoxy) is 1. The van der Waals surface area contributed by atoms with Crippen LogP contribution in [-0.2, 0) is 11.2 Å². The highest BCUT2D eigenvalue weighted by Gasteiger charge is 2.28. The number of carboxylic acid groups (broad SMARTS) is 1. The Morgan fingerprint density at radius 1 is 1.18 bits per heavy atom. The van der Waals surface area contributed by atoms with E-state index < -0.39 is 12.4 Å². The molecule has 0 spiro atoms. The monoisotopic (exact) mass is 464 g/mol. The normalized spacial score (nSPS) is 18.5. The predicted molar refractivity (Wildman–Crippen MR) is 128 cm³/mol. The van der Waals surface area contributed by atoms with Crippen LogP contribution in [0.25, 0.3) is 11.0 Å². The van der Waals surface area contributed by atoms with Crippen molar-refractivity contribution in [3.05, 3.63) is 46.5 Å². The Morgan fingerprint density at radius 3 is 2.71 bits per heavy atom. The van der Waals surface area contributed by atoms with Crippen molar-refractivity contribution in [2.45, 2.75) is 64.1 Å². The number of nitrogens with zero attached hydrogens (tertiary/aromatic N) is 5. The third-order valence-corrected chi connectivity index (χ3v) is 6.67. The van der Waals surface area contributed by atoms with E-state index in [0.717, 1.165) is 48.7 Å². The van der Waals surface area contributed by atoms with E-state index in [1.165, 1.54) is 0 Å². The predicted octanol–water partition coefficient (Wildman–Crippen LogP) is 4.23. The van der Waals surface area contributed by atoms with Crippen LogP contribution >= 0.6 is 0 Å². The Hall–Kier alpha value is -3.69. The number of carbonyl (C=O) groups is 1. The van der Waals surface area contributed by atoms with Gasteiger partial charge in [0.1, 0.15) is 11.5 Å². The molecule has 2 aliphatic rings. The smallest absolute Gasteiger partial charge is 0.450 e. The summed E-state index contributed by atoms with van der Waals surface area (Å²) in [6, 6.07) is 5.72. The second kappa shape index (κ2) is 9.28. The summed E-state index contributed by atoms with van der Waals surface area (Å²) in [5.41, 5.74) is 2.26. The lowest BCUT2D eigenvalue weighted by molar-refractivity contribution is 0.0558. The molecule has 34 heavy (non-hydrogen) atoms. The molecule has 0 amide bonds. The van der Waals surface area contributed by atoms with Crippen molar-refractivity contribution >= 4 is 34.6 Å². The molecule has 3 aromatic rings. The summed E-state index contributed by atoms with van der Waals surface area (Å²) < 4.78 is 6.84. The maximum absolute atomic E-state index is 13.1. The fourth-order valence-electron chi connectivity index (χ4n) is 5.01. The van der Waals surface area contributed by atoms with Gasteiger partial charge in [0.05, 0.1) is 11.9 Å². The zero-order valence-corrected chi connectivity index (χ0v) is 19.1.